The molecule has 2 aromatic rings. The molecule has 6 nitrogen and oxygen atoms in total. The van der Waals surface area contributed by atoms with Crippen molar-refractivity contribution in [2.45, 2.75) is 51.7 Å². The third-order valence-corrected chi connectivity index (χ3v) is 7.09. The molecule has 2 heterocycles. The van der Waals surface area contributed by atoms with Gasteiger partial charge in [0.1, 0.15) is 6.10 Å². The lowest BCUT2D eigenvalue weighted by atomic mass is 9.78. The van der Waals surface area contributed by atoms with Gasteiger partial charge in [0.05, 0.1) is 11.8 Å². The standard InChI is InChI=1S/C23H29ClFN3O3/c1-13-18(14(2)27(3)26-13)5-7-23(30)28-11-15-8-20(29)22(9-16(15)12-28)31-21-6-4-17(24)10-19(21)25/h4,6,10,15-16,20,22,29H,5,7-9,11-12H2,1-3H3/t15-,16+,20+,22+/m0/s1. The van der Waals surface area contributed by atoms with Crippen molar-refractivity contribution >= 4 is 17.5 Å². The summed E-state index contributed by atoms with van der Waals surface area (Å²) in [6, 6.07) is 4.26. The Kier molecular flexibility index (Phi) is 6.26. The normalized spacial score (nSPS) is 25.5. The number of halogens is 2. The Balaban J connectivity index is 1.35. The quantitative estimate of drug-likeness (QED) is 0.759. The van der Waals surface area contributed by atoms with Crippen LogP contribution in [0.2, 0.25) is 5.02 Å². The summed E-state index contributed by atoms with van der Waals surface area (Å²) in [6.45, 7) is 5.31. The van der Waals surface area contributed by atoms with Gasteiger partial charge in [-0.2, -0.15) is 5.10 Å². The molecule has 2 fully saturated rings. The van der Waals surface area contributed by atoms with E-state index in [-0.39, 0.29) is 23.5 Å². The molecule has 1 saturated heterocycles. The molecule has 8 heteroatoms. The molecule has 168 valence electrons. The van der Waals surface area contributed by atoms with Gasteiger partial charge in [0.25, 0.3) is 0 Å². The first-order valence-corrected chi connectivity index (χ1v) is 11.2. The zero-order valence-electron chi connectivity index (χ0n) is 18.1. The first-order chi connectivity index (χ1) is 14.7. The van der Waals surface area contributed by atoms with Crippen molar-refractivity contribution in [1.82, 2.24) is 14.7 Å². The maximum Gasteiger partial charge on any atom is 0.222 e. The van der Waals surface area contributed by atoms with Crippen LogP contribution in [0.3, 0.4) is 0 Å². The number of carbonyl (C=O) groups is 1. The molecule has 1 saturated carbocycles. The number of amides is 1. The summed E-state index contributed by atoms with van der Waals surface area (Å²) in [7, 11) is 1.92. The molecule has 1 aliphatic carbocycles. The van der Waals surface area contributed by atoms with Gasteiger partial charge in [-0.25, -0.2) is 4.39 Å². The van der Waals surface area contributed by atoms with E-state index in [1.54, 1.807) is 6.07 Å². The summed E-state index contributed by atoms with van der Waals surface area (Å²) in [4.78, 5) is 14.8. The van der Waals surface area contributed by atoms with Gasteiger partial charge < -0.3 is 14.7 Å². The van der Waals surface area contributed by atoms with E-state index in [1.165, 1.54) is 12.1 Å². The summed E-state index contributed by atoms with van der Waals surface area (Å²) >= 11 is 5.80. The predicted molar refractivity (Wildman–Crippen MR) is 116 cm³/mol. The fourth-order valence-electron chi connectivity index (χ4n) is 5.02. The molecule has 4 atom stereocenters. The zero-order valence-corrected chi connectivity index (χ0v) is 18.9. The van der Waals surface area contributed by atoms with E-state index in [4.69, 9.17) is 16.3 Å². The Labute approximate surface area is 186 Å². The van der Waals surface area contributed by atoms with Crippen molar-refractivity contribution in [3.8, 4) is 5.75 Å². The molecule has 1 aromatic carbocycles. The van der Waals surface area contributed by atoms with Crippen LogP contribution in [0.25, 0.3) is 0 Å². The number of rotatable bonds is 5. The molecule has 1 aromatic heterocycles. The number of carbonyl (C=O) groups excluding carboxylic acids is 1. The SMILES string of the molecule is Cc1nn(C)c(C)c1CCC(=O)N1C[C@H]2C[C@@H](Oc3ccc(Cl)cc3F)[C@H](O)C[C@H]2C1. The van der Waals surface area contributed by atoms with Crippen LogP contribution in [-0.4, -0.2) is 51.0 Å². The van der Waals surface area contributed by atoms with E-state index in [0.29, 0.717) is 43.8 Å². The van der Waals surface area contributed by atoms with Gasteiger partial charge >= 0.3 is 0 Å². The number of aryl methyl sites for hydroxylation is 2. The molecule has 1 aliphatic heterocycles. The Hall–Kier alpha value is -2.12. The molecular weight excluding hydrogens is 421 g/mol. The number of ether oxygens (including phenoxy) is 1. The number of aliphatic hydroxyl groups excluding tert-OH is 1. The van der Waals surface area contributed by atoms with Crippen LogP contribution in [-0.2, 0) is 18.3 Å². The summed E-state index contributed by atoms with van der Waals surface area (Å²) in [5.41, 5.74) is 3.21. The average Bonchev–Trinajstić information content (AvgIpc) is 3.22. The van der Waals surface area contributed by atoms with Crippen molar-refractivity contribution in [2.75, 3.05) is 13.1 Å². The fourth-order valence-corrected chi connectivity index (χ4v) is 5.18. The third kappa shape index (κ3) is 4.58. The van der Waals surface area contributed by atoms with Gasteiger partial charge in [-0.3, -0.25) is 9.48 Å². The van der Waals surface area contributed by atoms with Crippen molar-refractivity contribution < 1.29 is 19.0 Å². The average molecular weight is 450 g/mol. The Morgan fingerprint density at radius 1 is 1.29 bits per heavy atom. The third-order valence-electron chi connectivity index (χ3n) is 6.86. The number of fused-ring (bicyclic) bond motifs is 1. The van der Waals surface area contributed by atoms with Crippen LogP contribution < -0.4 is 4.74 Å². The van der Waals surface area contributed by atoms with E-state index in [0.717, 1.165) is 17.0 Å². The molecule has 1 amide bonds. The number of hydrogen-bond acceptors (Lipinski definition) is 4. The molecule has 0 spiro atoms. The van der Waals surface area contributed by atoms with Crippen LogP contribution in [0.1, 0.15) is 36.2 Å². The molecule has 0 unspecified atom stereocenters. The molecule has 2 aliphatic rings. The smallest absolute Gasteiger partial charge is 0.222 e. The van der Waals surface area contributed by atoms with Gasteiger partial charge in [0.15, 0.2) is 11.6 Å². The minimum absolute atomic E-state index is 0.0973. The number of hydrogen-bond donors (Lipinski definition) is 1. The van der Waals surface area contributed by atoms with E-state index < -0.39 is 18.0 Å². The highest BCUT2D eigenvalue weighted by atomic mass is 35.5. The molecule has 0 bridgehead atoms. The summed E-state index contributed by atoms with van der Waals surface area (Å²) in [5.74, 6) is 0.184. The fraction of sp³-hybridized carbons (Fsp3) is 0.565. The van der Waals surface area contributed by atoms with E-state index in [9.17, 15) is 14.3 Å². The largest absolute Gasteiger partial charge is 0.485 e. The van der Waals surface area contributed by atoms with Gasteiger partial charge in [-0.05, 0) is 68.7 Å². The van der Waals surface area contributed by atoms with Gasteiger partial charge in [0, 0.05) is 37.3 Å². The van der Waals surface area contributed by atoms with E-state index in [2.05, 4.69) is 5.10 Å². The van der Waals surface area contributed by atoms with Gasteiger partial charge in [0.2, 0.25) is 5.91 Å². The lowest BCUT2D eigenvalue weighted by Crippen LogP contribution is -2.42. The van der Waals surface area contributed by atoms with Crippen molar-refractivity contribution in [2.24, 2.45) is 18.9 Å². The topological polar surface area (TPSA) is 67.6 Å². The number of aliphatic hydroxyl groups is 1. The minimum atomic E-state index is -0.688. The summed E-state index contributed by atoms with van der Waals surface area (Å²) < 4.78 is 21.7. The molecule has 4 rings (SSSR count). The van der Waals surface area contributed by atoms with Crippen molar-refractivity contribution in [1.29, 1.82) is 0 Å². The van der Waals surface area contributed by atoms with E-state index >= 15 is 0 Å². The highest BCUT2D eigenvalue weighted by Crippen LogP contribution is 2.38. The first kappa shape index (κ1) is 22.1. The minimum Gasteiger partial charge on any atom is -0.485 e. The summed E-state index contributed by atoms with van der Waals surface area (Å²) in [6.07, 6.45) is 1.10. The van der Waals surface area contributed by atoms with Crippen LogP contribution >= 0.6 is 11.6 Å². The molecule has 0 radical (unpaired) electrons. The number of aromatic nitrogens is 2. The van der Waals surface area contributed by atoms with Crippen LogP contribution in [0, 0.1) is 31.5 Å². The number of nitrogens with zero attached hydrogens (tertiary/aromatic N) is 3. The van der Waals surface area contributed by atoms with Gasteiger partial charge in [-0.15, -0.1) is 0 Å². The van der Waals surface area contributed by atoms with Crippen LogP contribution in [0.4, 0.5) is 4.39 Å². The maximum atomic E-state index is 14.1. The zero-order chi connectivity index (χ0) is 22.3. The molecular formula is C23H29ClFN3O3. The number of benzene rings is 1. The highest BCUT2D eigenvalue weighted by Gasteiger charge is 2.44. The molecule has 1 N–H and O–H groups in total. The second-order valence-electron chi connectivity index (χ2n) is 8.86. The Morgan fingerprint density at radius 2 is 2.00 bits per heavy atom. The molecule has 31 heavy (non-hydrogen) atoms. The number of likely N-dealkylation sites (tertiary alicyclic amines) is 1. The monoisotopic (exact) mass is 449 g/mol. The maximum absolute atomic E-state index is 14.1. The highest BCUT2D eigenvalue weighted by molar-refractivity contribution is 6.30. The first-order valence-electron chi connectivity index (χ1n) is 10.8. The summed E-state index contributed by atoms with van der Waals surface area (Å²) in [5, 5.41) is 15.3. The van der Waals surface area contributed by atoms with Crippen LogP contribution in [0.5, 0.6) is 5.75 Å². The Morgan fingerprint density at radius 3 is 2.65 bits per heavy atom. The van der Waals surface area contributed by atoms with Crippen molar-refractivity contribution in [3.05, 3.63) is 46.0 Å². The second-order valence-corrected chi connectivity index (χ2v) is 9.30. The van der Waals surface area contributed by atoms with Gasteiger partial charge in [-0.1, -0.05) is 11.6 Å². The lowest BCUT2D eigenvalue weighted by Gasteiger charge is -2.35. The Bertz CT molecular complexity index is 979. The second kappa shape index (κ2) is 8.79. The van der Waals surface area contributed by atoms with Crippen molar-refractivity contribution in [3.63, 3.8) is 0 Å². The van der Waals surface area contributed by atoms with Crippen LogP contribution in [0.15, 0.2) is 18.2 Å². The lowest BCUT2D eigenvalue weighted by molar-refractivity contribution is -0.130. The van der Waals surface area contributed by atoms with E-state index in [1.807, 2.05) is 30.5 Å². The predicted octanol–water partition coefficient (Wildman–Crippen LogP) is 3.44.